The Morgan fingerprint density at radius 2 is 2.00 bits per heavy atom. The number of rotatable bonds is 3. The van der Waals surface area contributed by atoms with Crippen molar-refractivity contribution < 1.29 is 18.3 Å². The fourth-order valence-corrected chi connectivity index (χ4v) is 4.76. The van der Waals surface area contributed by atoms with Gasteiger partial charge >= 0.3 is 5.97 Å². The number of fused-ring (bicyclic) bond motifs is 1. The predicted octanol–water partition coefficient (Wildman–Crippen LogP) is 0.528. The molecule has 104 valence electrons. The minimum atomic E-state index is -3.78. The molecule has 8 heteroatoms. The fourth-order valence-electron chi connectivity index (χ4n) is 3.14. The summed E-state index contributed by atoms with van der Waals surface area (Å²) >= 11 is 0. The summed E-state index contributed by atoms with van der Waals surface area (Å²) in [4.78, 5) is 11.0. The zero-order valence-corrected chi connectivity index (χ0v) is 11.1. The van der Waals surface area contributed by atoms with Crippen molar-refractivity contribution in [1.82, 2.24) is 14.5 Å². The highest BCUT2D eigenvalue weighted by Gasteiger charge is 2.43. The first-order valence-electron chi connectivity index (χ1n) is 6.27. The molecule has 0 spiro atoms. The molecule has 7 nitrogen and oxygen atoms in total. The summed E-state index contributed by atoms with van der Waals surface area (Å²) in [5.74, 6) is -0.441. The van der Waals surface area contributed by atoms with E-state index in [-0.39, 0.29) is 10.6 Å². The molecule has 2 fully saturated rings. The van der Waals surface area contributed by atoms with E-state index >= 15 is 0 Å². The summed E-state index contributed by atoms with van der Waals surface area (Å²) < 4.78 is 26.3. The van der Waals surface area contributed by atoms with Crippen molar-refractivity contribution in [3.05, 3.63) is 11.8 Å². The highest BCUT2D eigenvalue weighted by molar-refractivity contribution is 7.89. The second-order valence-corrected chi connectivity index (χ2v) is 7.07. The second-order valence-electron chi connectivity index (χ2n) is 5.19. The van der Waals surface area contributed by atoms with Gasteiger partial charge in [0.15, 0.2) is 5.03 Å². The number of nitrogens with one attached hydrogen (secondary N) is 1. The number of nitrogens with zero attached hydrogens (tertiary/aromatic N) is 2. The van der Waals surface area contributed by atoms with Gasteiger partial charge in [-0.2, -0.15) is 9.40 Å². The summed E-state index contributed by atoms with van der Waals surface area (Å²) in [6.07, 6.45) is 4.32. The maximum absolute atomic E-state index is 12.4. The van der Waals surface area contributed by atoms with E-state index in [0.717, 1.165) is 25.5 Å². The van der Waals surface area contributed by atoms with Gasteiger partial charge in [-0.05, 0) is 24.7 Å². The van der Waals surface area contributed by atoms with Crippen LogP contribution in [-0.2, 0) is 10.0 Å². The third kappa shape index (κ3) is 1.95. The molecule has 2 N–H and O–H groups in total. The van der Waals surface area contributed by atoms with Crippen LogP contribution in [0.1, 0.15) is 29.6 Å². The molecule has 19 heavy (non-hydrogen) atoms. The van der Waals surface area contributed by atoms with Crippen molar-refractivity contribution in [1.29, 1.82) is 0 Å². The standard InChI is InChI=1S/C11H15N3O4S/c15-11(16)9-4-12-13-10(9)19(17,18)14-5-7-2-1-3-8(7)6-14/h4,7-8H,1-3,5-6H2,(H,12,13)(H,15,16). The average Bonchev–Trinajstić information content (AvgIpc) is 3.03. The zero-order valence-electron chi connectivity index (χ0n) is 10.2. The lowest BCUT2D eigenvalue weighted by Crippen LogP contribution is -2.31. The fraction of sp³-hybridized carbons (Fsp3) is 0.636. The summed E-state index contributed by atoms with van der Waals surface area (Å²) in [7, 11) is -3.78. The van der Waals surface area contributed by atoms with Gasteiger partial charge in [-0.25, -0.2) is 13.2 Å². The largest absolute Gasteiger partial charge is 0.478 e. The topological polar surface area (TPSA) is 103 Å². The van der Waals surface area contributed by atoms with Gasteiger partial charge < -0.3 is 5.11 Å². The third-order valence-electron chi connectivity index (χ3n) is 4.13. The van der Waals surface area contributed by atoms with Gasteiger partial charge in [0.2, 0.25) is 0 Å². The number of aromatic nitrogens is 2. The van der Waals surface area contributed by atoms with Crippen LogP contribution < -0.4 is 0 Å². The van der Waals surface area contributed by atoms with Gasteiger partial charge in [-0.15, -0.1) is 0 Å². The van der Waals surface area contributed by atoms with Crippen LogP contribution >= 0.6 is 0 Å². The average molecular weight is 285 g/mol. The number of hydrogen-bond donors (Lipinski definition) is 2. The van der Waals surface area contributed by atoms with Crippen LogP contribution in [0.5, 0.6) is 0 Å². The van der Waals surface area contributed by atoms with E-state index in [9.17, 15) is 13.2 Å². The van der Waals surface area contributed by atoms with Gasteiger partial charge in [0.25, 0.3) is 10.0 Å². The van der Waals surface area contributed by atoms with Crippen molar-refractivity contribution in [2.45, 2.75) is 24.3 Å². The smallest absolute Gasteiger partial charge is 0.340 e. The Hall–Kier alpha value is -1.41. The number of sulfonamides is 1. The summed E-state index contributed by atoms with van der Waals surface area (Å²) in [6.45, 7) is 0.982. The Labute approximate surface area is 110 Å². The van der Waals surface area contributed by atoms with E-state index in [4.69, 9.17) is 5.11 Å². The Kier molecular flexibility index (Phi) is 2.86. The molecule has 0 bridgehead atoms. The molecule has 1 saturated heterocycles. The molecule has 1 saturated carbocycles. The first-order valence-corrected chi connectivity index (χ1v) is 7.71. The van der Waals surface area contributed by atoms with Crippen LogP contribution in [0.2, 0.25) is 0 Å². The number of carboxylic acids is 1. The molecule has 1 aromatic heterocycles. The lowest BCUT2D eigenvalue weighted by atomic mass is 10.0. The molecule has 2 aliphatic rings. The number of hydrogen-bond acceptors (Lipinski definition) is 4. The van der Waals surface area contributed by atoms with Crippen LogP contribution in [0.3, 0.4) is 0 Å². The molecule has 0 radical (unpaired) electrons. The molecule has 3 rings (SSSR count). The van der Waals surface area contributed by atoms with Gasteiger partial charge in [-0.1, -0.05) is 6.42 Å². The Morgan fingerprint density at radius 1 is 1.37 bits per heavy atom. The maximum Gasteiger partial charge on any atom is 0.340 e. The quantitative estimate of drug-likeness (QED) is 0.843. The predicted molar refractivity (Wildman–Crippen MR) is 65.1 cm³/mol. The number of H-pyrrole nitrogens is 1. The first kappa shape index (κ1) is 12.6. The molecule has 2 unspecified atom stereocenters. The summed E-state index contributed by atoms with van der Waals surface area (Å²) in [6, 6.07) is 0. The lowest BCUT2D eigenvalue weighted by molar-refractivity contribution is 0.0692. The first-order chi connectivity index (χ1) is 9.00. The summed E-state index contributed by atoms with van der Waals surface area (Å²) in [5, 5.41) is 14.5. The van der Waals surface area contributed by atoms with Gasteiger partial charge in [0, 0.05) is 13.1 Å². The molecular formula is C11H15N3O4S. The van der Waals surface area contributed by atoms with E-state index in [2.05, 4.69) is 10.2 Å². The van der Waals surface area contributed by atoms with Crippen molar-refractivity contribution in [2.24, 2.45) is 11.8 Å². The molecule has 1 aliphatic carbocycles. The number of carbonyl (C=O) groups is 1. The monoisotopic (exact) mass is 285 g/mol. The summed E-state index contributed by atoms with van der Waals surface area (Å²) in [5.41, 5.74) is -0.294. The Bertz CT molecular complexity index is 597. The highest BCUT2D eigenvalue weighted by atomic mass is 32.2. The molecule has 1 aromatic rings. The second kappa shape index (κ2) is 4.31. The highest BCUT2D eigenvalue weighted by Crippen LogP contribution is 2.39. The van der Waals surface area contributed by atoms with E-state index in [1.165, 1.54) is 4.31 Å². The SMILES string of the molecule is O=C(O)c1cn[nH]c1S(=O)(=O)N1CC2CCCC2C1. The molecule has 2 heterocycles. The minimum absolute atomic E-state index is 0.294. The van der Waals surface area contributed by atoms with Crippen molar-refractivity contribution >= 4 is 16.0 Å². The molecule has 0 aromatic carbocycles. The van der Waals surface area contributed by atoms with Crippen LogP contribution in [0.15, 0.2) is 11.2 Å². The number of aromatic amines is 1. The molecule has 2 atom stereocenters. The third-order valence-corrected chi connectivity index (χ3v) is 5.93. The van der Waals surface area contributed by atoms with E-state index in [0.29, 0.717) is 24.9 Å². The molecule has 1 aliphatic heterocycles. The van der Waals surface area contributed by atoms with Crippen molar-refractivity contribution in [2.75, 3.05) is 13.1 Å². The Morgan fingerprint density at radius 3 is 2.58 bits per heavy atom. The van der Waals surface area contributed by atoms with Crippen LogP contribution in [-0.4, -0.2) is 47.1 Å². The normalized spacial score (nSPS) is 27.6. The Balaban J connectivity index is 1.91. The minimum Gasteiger partial charge on any atom is -0.478 e. The molecular weight excluding hydrogens is 270 g/mol. The van der Waals surface area contributed by atoms with E-state index in [1.807, 2.05) is 0 Å². The van der Waals surface area contributed by atoms with Gasteiger partial charge in [0.1, 0.15) is 5.56 Å². The van der Waals surface area contributed by atoms with Crippen molar-refractivity contribution in [3.63, 3.8) is 0 Å². The van der Waals surface area contributed by atoms with Crippen LogP contribution in [0.4, 0.5) is 0 Å². The van der Waals surface area contributed by atoms with Crippen LogP contribution in [0.25, 0.3) is 0 Å². The zero-order chi connectivity index (χ0) is 13.6. The van der Waals surface area contributed by atoms with Crippen LogP contribution in [0, 0.1) is 11.8 Å². The number of carboxylic acid groups (broad SMARTS) is 1. The van der Waals surface area contributed by atoms with E-state index < -0.39 is 16.0 Å². The van der Waals surface area contributed by atoms with E-state index in [1.54, 1.807) is 0 Å². The number of aromatic carboxylic acids is 1. The lowest BCUT2D eigenvalue weighted by Gasteiger charge is -2.16. The van der Waals surface area contributed by atoms with Gasteiger partial charge in [0.05, 0.1) is 6.20 Å². The van der Waals surface area contributed by atoms with Gasteiger partial charge in [-0.3, -0.25) is 5.10 Å². The maximum atomic E-state index is 12.4. The van der Waals surface area contributed by atoms with Crippen molar-refractivity contribution in [3.8, 4) is 0 Å². The molecule has 0 amide bonds.